The summed E-state index contributed by atoms with van der Waals surface area (Å²) >= 11 is 0. The van der Waals surface area contributed by atoms with Gasteiger partial charge in [-0.25, -0.2) is 4.39 Å². The molecular formula is C16H12FNO2. The van der Waals surface area contributed by atoms with Gasteiger partial charge in [0.2, 0.25) is 5.91 Å². The highest BCUT2D eigenvalue weighted by Crippen LogP contribution is 2.01. The third kappa shape index (κ3) is 4.46. The van der Waals surface area contributed by atoms with Gasteiger partial charge in [-0.05, 0) is 42.5 Å². The van der Waals surface area contributed by atoms with E-state index in [-0.39, 0.29) is 18.3 Å². The van der Waals surface area contributed by atoms with Crippen LogP contribution in [0.3, 0.4) is 0 Å². The first-order valence-corrected chi connectivity index (χ1v) is 5.98. The van der Waals surface area contributed by atoms with Crippen molar-refractivity contribution in [3.05, 3.63) is 65.9 Å². The van der Waals surface area contributed by atoms with Crippen molar-refractivity contribution in [3.63, 3.8) is 0 Å². The van der Waals surface area contributed by atoms with E-state index in [4.69, 9.17) is 4.42 Å². The molecule has 2 aromatic rings. The molecule has 0 saturated heterocycles. The molecule has 0 aliphatic carbocycles. The highest BCUT2D eigenvalue weighted by atomic mass is 19.1. The zero-order valence-electron chi connectivity index (χ0n) is 10.6. The van der Waals surface area contributed by atoms with E-state index >= 15 is 0 Å². The van der Waals surface area contributed by atoms with E-state index < -0.39 is 0 Å². The van der Waals surface area contributed by atoms with Crippen molar-refractivity contribution < 1.29 is 13.6 Å². The number of hydrogen-bond acceptors (Lipinski definition) is 2. The SMILES string of the molecule is O=C(/C=C/c1ccco1)NCC#Cc1ccc(F)cc1. The van der Waals surface area contributed by atoms with Gasteiger partial charge in [-0.3, -0.25) is 4.79 Å². The summed E-state index contributed by atoms with van der Waals surface area (Å²) in [6.07, 6.45) is 4.48. The maximum atomic E-state index is 12.7. The van der Waals surface area contributed by atoms with Gasteiger partial charge in [-0.15, -0.1) is 0 Å². The Morgan fingerprint density at radius 1 is 1.30 bits per heavy atom. The molecule has 0 saturated carbocycles. The predicted molar refractivity (Wildman–Crippen MR) is 74.0 cm³/mol. The minimum absolute atomic E-state index is 0.221. The number of amides is 1. The molecule has 0 atom stereocenters. The fourth-order valence-electron chi connectivity index (χ4n) is 1.41. The average Bonchev–Trinajstić information content (AvgIpc) is 2.96. The second kappa shape index (κ2) is 6.95. The summed E-state index contributed by atoms with van der Waals surface area (Å²) in [6, 6.07) is 9.34. The number of nitrogens with one attached hydrogen (secondary N) is 1. The van der Waals surface area contributed by atoms with Crippen LogP contribution in [0.25, 0.3) is 6.08 Å². The largest absolute Gasteiger partial charge is 0.465 e. The van der Waals surface area contributed by atoms with Crippen LogP contribution in [0.1, 0.15) is 11.3 Å². The summed E-state index contributed by atoms with van der Waals surface area (Å²) in [5.41, 5.74) is 0.701. The Balaban J connectivity index is 1.78. The molecule has 0 aliphatic rings. The zero-order valence-corrected chi connectivity index (χ0v) is 10.6. The highest BCUT2D eigenvalue weighted by Gasteiger charge is 1.93. The standard InChI is InChI=1S/C16H12FNO2/c17-14-7-5-13(6-8-14)3-1-11-18-16(19)10-9-15-4-2-12-20-15/h2,4-10,12H,11H2,(H,18,19)/b10-9+. The van der Waals surface area contributed by atoms with Crippen LogP contribution in [0.2, 0.25) is 0 Å². The molecule has 4 heteroatoms. The first-order valence-electron chi connectivity index (χ1n) is 5.98. The van der Waals surface area contributed by atoms with Gasteiger partial charge in [0, 0.05) is 11.6 Å². The van der Waals surface area contributed by atoms with Gasteiger partial charge in [0.25, 0.3) is 0 Å². The summed E-state index contributed by atoms with van der Waals surface area (Å²) in [5.74, 6) is 5.66. The molecular weight excluding hydrogens is 257 g/mol. The fraction of sp³-hybridized carbons (Fsp3) is 0.0625. The van der Waals surface area contributed by atoms with Crippen molar-refractivity contribution in [2.24, 2.45) is 0 Å². The van der Waals surface area contributed by atoms with Crippen molar-refractivity contribution in [2.75, 3.05) is 6.54 Å². The third-order valence-electron chi connectivity index (χ3n) is 2.37. The first kappa shape index (κ1) is 13.6. The van der Waals surface area contributed by atoms with Crippen molar-refractivity contribution in [2.45, 2.75) is 0 Å². The molecule has 0 spiro atoms. The van der Waals surface area contributed by atoms with Crippen molar-refractivity contribution >= 4 is 12.0 Å². The number of carbonyl (C=O) groups excluding carboxylic acids is 1. The van der Waals surface area contributed by atoms with Gasteiger partial charge < -0.3 is 9.73 Å². The molecule has 0 bridgehead atoms. The van der Waals surface area contributed by atoms with Crippen molar-refractivity contribution in [3.8, 4) is 11.8 Å². The minimum Gasteiger partial charge on any atom is -0.465 e. The van der Waals surface area contributed by atoms with E-state index in [1.165, 1.54) is 24.5 Å². The van der Waals surface area contributed by atoms with E-state index in [2.05, 4.69) is 17.2 Å². The normalized spacial score (nSPS) is 10.1. The Bertz CT molecular complexity index is 646. The molecule has 0 unspecified atom stereocenters. The first-order chi connectivity index (χ1) is 9.74. The molecule has 1 heterocycles. The maximum absolute atomic E-state index is 12.7. The lowest BCUT2D eigenvalue weighted by Crippen LogP contribution is -2.20. The molecule has 0 aliphatic heterocycles. The van der Waals surface area contributed by atoms with Crippen LogP contribution in [0, 0.1) is 17.7 Å². The van der Waals surface area contributed by atoms with E-state index in [0.29, 0.717) is 11.3 Å². The van der Waals surface area contributed by atoms with Crippen LogP contribution in [0.4, 0.5) is 4.39 Å². The molecule has 1 aromatic heterocycles. The lowest BCUT2D eigenvalue weighted by molar-refractivity contribution is -0.116. The van der Waals surface area contributed by atoms with Gasteiger partial charge >= 0.3 is 0 Å². The van der Waals surface area contributed by atoms with Crippen LogP contribution in [-0.4, -0.2) is 12.5 Å². The Morgan fingerprint density at radius 2 is 2.10 bits per heavy atom. The molecule has 1 aromatic carbocycles. The Hall–Kier alpha value is -2.80. The topological polar surface area (TPSA) is 42.2 Å². The Labute approximate surface area is 116 Å². The molecule has 1 N–H and O–H groups in total. The second-order valence-corrected chi connectivity index (χ2v) is 3.88. The fourth-order valence-corrected chi connectivity index (χ4v) is 1.41. The summed E-state index contributed by atoms with van der Waals surface area (Å²) in [6.45, 7) is 0.221. The maximum Gasteiger partial charge on any atom is 0.244 e. The number of halogens is 1. The number of furan rings is 1. The molecule has 1 amide bonds. The van der Waals surface area contributed by atoms with Crippen LogP contribution < -0.4 is 5.32 Å². The van der Waals surface area contributed by atoms with Crippen molar-refractivity contribution in [1.82, 2.24) is 5.32 Å². The number of hydrogen-bond donors (Lipinski definition) is 1. The van der Waals surface area contributed by atoms with Crippen LogP contribution >= 0.6 is 0 Å². The second-order valence-electron chi connectivity index (χ2n) is 3.88. The van der Waals surface area contributed by atoms with E-state index in [1.807, 2.05) is 0 Å². The van der Waals surface area contributed by atoms with Gasteiger partial charge in [-0.2, -0.15) is 0 Å². The molecule has 20 heavy (non-hydrogen) atoms. The van der Waals surface area contributed by atoms with Gasteiger partial charge in [0.05, 0.1) is 12.8 Å². The lowest BCUT2D eigenvalue weighted by Gasteiger charge is -1.94. The molecule has 100 valence electrons. The van der Waals surface area contributed by atoms with Gasteiger partial charge in [-0.1, -0.05) is 11.8 Å². The van der Waals surface area contributed by atoms with Crippen molar-refractivity contribution in [1.29, 1.82) is 0 Å². The molecule has 3 nitrogen and oxygen atoms in total. The zero-order chi connectivity index (χ0) is 14.2. The number of rotatable bonds is 3. The predicted octanol–water partition coefficient (Wildman–Crippen LogP) is 2.60. The van der Waals surface area contributed by atoms with Crippen LogP contribution in [0.5, 0.6) is 0 Å². The van der Waals surface area contributed by atoms with Gasteiger partial charge in [0.1, 0.15) is 11.6 Å². The molecule has 0 radical (unpaired) electrons. The van der Waals surface area contributed by atoms with E-state index in [0.717, 1.165) is 0 Å². The Morgan fingerprint density at radius 3 is 2.80 bits per heavy atom. The van der Waals surface area contributed by atoms with Crippen LogP contribution in [0.15, 0.2) is 53.2 Å². The Kier molecular flexibility index (Phi) is 4.74. The van der Waals surface area contributed by atoms with Crippen LogP contribution in [-0.2, 0) is 4.79 Å². The van der Waals surface area contributed by atoms with Gasteiger partial charge in [0.15, 0.2) is 0 Å². The minimum atomic E-state index is -0.299. The van der Waals surface area contributed by atoms with E-state index in [1.54, 1.807) is 30.3 Å². The van der Waals surface area contributed by atoms with E-state index in [9.17, 15) is 9.18 Å². The molecule has 2 rings (SSSR count). The summed E-state index contributed by atoms with van der Waals surface area (Å²) < 4.78 is 17.7. The summed E-state index contributed by atoms with van der Waals surface area (Å²) in [5, 5.41) is 2.61. The summed E-state index contributed by atoms with van der Waals surface area (Å²) in [7, 11) is 0. The smallest absolute Gasteiger partial charge is 0.244 e. The monoisotopic (exact) mass is 269 g/mol. The molecule has 0 fully saturated rings. The number of benzene rings is 1. The average molecular weight is 269 g/mol. The number of carbonyl (C=O) groups is 1. The highest BCUT2D eigenvalue weighted by molar-refractivity contribution is 5.91. The summed E-state index contributed by atoms with van der Waals surface area (Å²) in [4.78, 5) is 11.4. The third-order valence-corrected chi connectivity index (χ3v) is 2.37. The lowest BCUT2D eigenvalue weighted by atomic mass is 10.2. The quantitative estimate of drug-likeness (QED) is 0.687.